The molecule has 0 aliphatic carbocycles. The average Bonchev–Trinajstić information content (AvgIpc) is 2.25. The molecule has 4 nitrogen and oxygen atoms in total. The number of carbonyl (C=O) groups excluding carboxylic acids is 1. The topological polar surface area (TPSA) is 79.2 Å². The maximum absolute atomic E-state index is 10.6. The Hall–Kier alpha value is -1.80. The highest BCUT2D eigenvalue weighted by Crippen LogP contribution is 2.12. The number of amides is 1. The fraction of sp³-hybridized carbons (Fsp3) is 0.100. The molecule has 0 unspecified atom stereocenters. The molecular weight excluding hydrogens is 210 g/mol. The molecule has 15 heavy (non-hydrogen) atoms. The molecule has 1 aromatic rings. The zero-order valence-corrected chi connectivity index (χ0v) is 8.70. The molecule has 1 amide bonds. The van der Waals surface area contributed by atoms with E-state index in [0.29, 0.717) is 5.75 Å². The normalized spacial score (nSPS) is 10.7. The average molecular weight is 219 g/mol. The lowest BCUT2D eigenvalue weighted by atomic mass is 10.2. The van der Waals surface area contributed by atoms with E-state index in [9.17, 15) is 4.79 Å². The monoisotopic (exact) mass is 219 g/mol. The Kier molecular flexibility index (Phi) is 4.38. The van der Waals surface area contributed by atoms with Crippen molar-refractivity contribution in [3.63, 3.8) is 0 Å². The smallest absolute Gasteiger partial charge is 0.278 e. The van der Waals surface area contributed by atoms with Crippen LogP contribution in [0.1, 0.15) is 5.56 Å². The van der Waals surface area contributed by atoms with Crippen molar-refractivity contribution in [3.05, 3.63) is 35.9 Å². The number of hydrogen-bond donors (Lipinski definition) is 1. The van der Waals surface area contributed by atoms with Gasteiger partial charge < -0.3 is 5.73 Å². The van der Waals surface area contributed by atoms with Gasteiger partial charge in [0.1, 0.15) is 6.07 Å². The molecule has 5 heteroatoms. The van der Waals surface area contributed by atoms with Crippen molar-refractivity contribution in [2.24, 2.45) is 10.1 Å². The van der Waals surface area contributed by atoms with Gasteiger partial charge in [-0.3, -0.25) is 4.79 Å². The highest BCUT2D eigenvalue weighted by molar-refractivity contribution is 7.97. The first-order chi connectivity index (χ1) is 7.24. The van der Waals surface area contributed by atoms with Crippen molar-refractivity contribution in [2.45, 2.75) is 5.75 Å². The van der Waals surface area contributed by atoms with Crippen LogP contribution in [0.3, 0.4) is 0 Å². The molecule has 0 radical (unpaired) electrons. The van der Waals surface area contributed by atoms with Crippen molar-refractivity contribution >= 4 is 23.6 Å². The first-order valence-electron chi connectivity index (χ1n) is 4.18. The molecule has 1 aromatic carbocycles. The number of nitrogens with two attached hydrogens (primary N) is 1. The number of rotatable bonds is 4. The summed E-state index contributed by atoms with van der Waals surface area (Å²) in [6, 6.07) is 11.3. The summed E-state index contributed by atoms with van der Waals surface area (Å²) < 4.78 is 3.73. The van der Waals surface area contributed by atoms with Gasteiger partial charge in [0.05, 0.1) is 0 Å². The number of carbonyl (C=O) groups is 1. The second kappa shape index (κ2) is 5.83. The quantitative estimate of drug-likeness (QED) is 0.612. The molecule has 0 saturated carbocycles. The van der Waals surface area contributed by atoms with Gasteiger partial charge in [0.15, 0.2) is 0 Å². The summed E-state index contributed by atoms with van der Waals surface area (Å²) in [6.07, 6.45) is 0. The Morgan fingerprint density at radius 3 is 2.67 bits per heavy atom. The Balaban J connectivity index is 2.52. The third-order valence-electron chi connectivity index (χ3n) is 1.57. The molecular formula is C10H9N3OS. The van der Waals surface area contributed by atoms with E-state index >= 15 is 0 Å². The van der Waals surface area contributed by atoms with E-state index in [1.165, 1.54) is 0 Å². The van der Waals surface area contributed by atoms with E-state index in [-0.39, 0.29) is 5.71 Å². The van der Waals surface area contributed by atoms with Crippen LogP contribution < -0.4 is 5.73 Å². The van der Waals surface area contributed by atoms with Gasteiger partial charge >= 0.3 is 0 Å². The number of nitriles is 1. The second-order valence-electron chi connectivity index (χ2n) is 2.67. The Labute approximate surface area is 91.9 Å². The van der Waals surface area contributed by atoms with Crippen molar-refractivity contribution < 1.29 is 4.79 Å². The van der Waals surface area contributed by atoms with Crippen LogP contribution in [0.4, 0.5) is 0 Å². The number of benzene rings is 1. The van der Waals surface area contributed by atoms with Crippen molar-refractivity contribution in [1.82, 2.24) is 0 Å². The van der Waals surface area contributed by atoms with Crippen LogP contribution in [0, 0.1) is 11.3 Å². The van der Waals surface area contributed by atoms with Gasteiger partial charge in [-0.25, -0.2) is 0 Å². The number of primary amides is 1. The van der Waals surface area contributed by atoms with Crippen LogP contribution in [-0.4, -0.2) is 11.6 Å². The van der Waals surface area contributed by atoms with Crippen LogP contribution in [0.2, 0.25) is 0 Å². The number of nitrogens with zero attached hydrogens (tertiary/aromatic N) is 2. The molecule has 0 aliphatic heterocycles. The lowest BCUT2D eigenvalue weighted by Gasteiger charge is -1.96. The van der Waals surface area contributed by atoms with Gasteiger partial charge in [0.25, 0.3) is 5.91 Å². The fourth-order valence-corrected chi connectivity index (χ4v) is 1.53. The van der Waals surface area contributed by atoms with E-state index < -0.39 is 5.91 Å². The Morgan fingerprint density at radius 1 is 1.47 bits per heavy atom. The van der Waals surface area contributed by atoms with E-state index in [1.54, 1.807) is 6.07 Å². The predicted molar refractivity (Wildman–Crippen MR) is 60.0 cm³/mol. The lowest BCUT2D eigenvalue weighted by Crippen LogP contribution is -2.21. The maximum atomic E-state index is 10.6. The lowest BCUT2D eigenvalue weighted by molar-refractivity contribution is -0.111. The van der Waals surface area contributed by atoms with Crippen LogP contribution in [0.15, 0.2) is 34.7 Å². The third kappa shape index (κ3) is 3.83. The summed E-state index contributed by atoms with van der Waals surface area (Å²) in [5.74, 6) is -0.183. The minimum Gasteiger partial charge on any atom is -0.364 e. The van der Waals surface area contributed by atoms with Crippen molar-refractivity contribution in [2.75, 3.05) is 0 Å². The third-order valence-corrected chi connectivity index (χ3v) is 2.34. The molecule has 0 saturated heterocycles. The molecule has 0 bridgehead atoms. The van der Waals surface area contributed by atoms with Gasteiger partial charge in [0.2, 0.25) is 5.71 Å². The fourth-order valence-electron chi connectivity index (χ4n) is 0.866. The molecule has 0 spiro atoms. The first kappa shape index (κ1) is 11.3. The van der Waals surface area contributed by atoms with Gasteiger partial charge in [-0.15, -0.1) is 0 Å². The zero-order chi connectivity index (χ0) is 11.1. The van der Waals surface area contributed by atoms with Gasteiger partial charge in [0, 0.05) is 5.75 Å². The highest BCUT2D eigenvalue weighted by Gasteiger charge is 2.04. The summed E-state index contributed by atoms with van der Waals surface area (Å²) in [4.78, 5) is 10.6. The Bertz CT molecular complexity index is 408. The van der Waals surface area contributed by atoms with Gasteiger partial charge in [-0.1, -0.05) is 30.3 Å². The summed E-state index contributed by atoms with van der Waals surface area (Å²) in [5, 5.41) is 8.50. The summed E-state index contributed by atoms with van der Waals surface area (Å²) in [7, 11) is 0. The standard InChI is InChI=1S/C10H9N3OS/c11-6-9(10(12)14)13-15-7-8-4-2-1-3-5-8/h1-5H,7H2,(H2,12,14)/b13-9+. The highest BCUT2D eigenvalue weighted by atomic mass is 32.2. The van der Waals surface area contributed by atoms with Gasteiger partial charge in [-0.2, -0.15) is 9.66 Å². The SMILES string of the molecule is N#C/C(=N\SCc1ccccc1)C(N)=O. The van der Waals surface area contributed by atoms with Crippen LogP contribution in [0.25, 0.3) is 0 Å². The largest absolute Gasteiger partial charge is 0.364 e. The van der Waals surface area contributed by atoms with E-state index in [1.807, 2.05) is 30.3 Å². The molecule has 1 rings (SSSR count). The van der Waals surface area contributed by atoms with E-state index in [4.69, 9.17) is 11.0 Å². The molecule has 0 aromatic heterocycles. The molecule has 2 N–H and O–H groups in total. The molecule has 76 valence electrons. The number of hydrogen-bond acceptors (Lipinski definition) is 4. The molecule has 0 atom stereocenters. The van der Waals surface area contributed by atoms with E-state index in [2.05, 4.69) is 4.40 Å². The summed E-state index contributed by atoms with van der Waals surface area (Å²) >= 11 is 1.13. The van der Waals surface area contributed by atoms with Crippen LogP contribution >= 0.6 is 11.9 Å². The van der Waals surface area contributed by atoms with Gasteiger partial charge in [-0.05, 0) is 17.5 Å². The minimum absolute atomic E-state index is 0.254. The summed E-state index contributed by atoms with van der Waals surface area (Å²) in [6.45, 7) is 0. The predicted octanol–water partition coefficient (Wildman–Crippen LogP) is 1.28. The Morgan fingerprint density at radius 2 is 2.13 bits per heavy atom. The van der Waals surface area contributed by atoms with E-state index in [0.717, 1.165) is 17.5 Å². The minimum atomic E-state index is -0.793. The van der Waals surface area contributed by atoms with Crippen molar-refractivity contribution in [3.8, 4) is 6.07 Å². The first-order valence-corrected chi connectivity index (χ1v) is 5.12. The molecule has 0 aliphatic rings. The van der Waals surface area contributed by atoms with Crippen LogP contribution in [-0.2, 0) is 10.5 Å². The van der Waals surface area contributed by atoms with Crippen LogP contribution in [0.5, 0.6) is 0 Å². The molecule has 0 fully saturated rings. The second-order valence-corrected chi connectivity index (χ2v) is 3.40. The maximum Gasteiger partial charge on any atom is 0.278 e. The summed E-state index contributed by atoms with van der Waals surface area (Å²) in [5.41, 5.74) is 5.74. The molecule has 0 heterocycles. The zero-order valence-electron chi connectivity index (χ0n) is 7.88. The van der Waals surface area contributed by atoms with Crippen molar-refractivity contribution in [1.29, 1.82) is 5.26 Å².